The lowest BCUT2D eigenvalue weighted by molar-refractivity contribution is -0.130. The lowest BCUT2D eigenvalue weighted by atomic mass is 10.0. The third kappa shape index (κ3) is 2.48. The molecule has 0 aromatic heterocycles. The molecule has 0 aromatic carbocycles. The van der Waals surface area contributed by atoms with E-state index in [1.54, 1.807) is 0 Å². The SMILES string of the molecule is CC1NC(C)N(CC2CCSCC2)C1=O. The summed E-state index contributed by atoms with van der Waals surface area (Å²) in [6.07, 6.45) is 2.77. The van der Waals surface area contributed by atoms with Gasteiger partial charge < -0.3 is 4.90 Å². The lowest BCUT2D eigenvalue weighted by Gasteiger charge is -2.28. The summed E-state index contributed by atoms with van der Waals surface area (Å²) in [5.74, 6) is 3.54. The van der Waals surface area contributed by atoms with Crippen LogP contribution in [0.15, 0.2) is 0 Å². The van der Waals surface area contributed by atoms with Crippen molar-refractivity contribution < 1.29 is 4.79 Å². The first-order valence-electron chi connectivity index (χ1n) is 5.82. The van der Waals surface area contributed by atoms with Crippen LogP contribution in [0, 0.1) is 5.92 Å². The van der Waals surface area contributed by atoms with E-state index in [-0.39, 0.29) is 18.1 Å². The number of carbonyl (C=O) groups is 1. The van der Waals surface area contributed by atoms with Crippen LogP contribution in [0.2, 0.25) is 0 Å². The fourth-order valence-electron chi connectivity index (χ4n) is 2.42. The van der Waals surface area contributed by atoms with Gasteiger partial charge in [0, 0.05) is 6.54 Å². The molecule has 0 aliphatic carbocycles. The molecule has 2 rings (SSSR count). The second-order valence-corrected chi connectivity index (χ2v) is 5.84. The van der Waals surface area contributed by atoms with Crippen molar-refractivity contribution in [1.82, 2.24) is 10.2 Å². The van der Waals surface area contributed by atoms with Gasteiger partial charge in [-0.15, -0.1) is 0 Å². The predicted octanol–water partition coefficient (Wildman–Crippen LogP) is 1.30. The van der Waals surface area contributed by atoms with E-state index in [0.29, 0.717) is 0 Å². The number of nitrogens with zero attached hydrogens (tertiary/aromatic N) is 1. The minimum Gasteiger partial charge on any atom is -0.326 e. The largest absolute Gasteiger partial charge is 0.326 e. The molecule has 0 bridgehead atoms. The van der Waals surface area contributed by atoms with Crippen LogP contribution < -0.4 is 5.32 Å². The van der Waals surface area contributed by atoms with Gasteiger partial charge in [0.25, 0.3) is 0 Å². The highest BCUT2D eigenvalue weighted by Crippen LogP contribution is 2.25. The summed E-state index contributed by atoms with van der Waals surface area (Å²) in [6, 6.07) is 0.0120. The molecule has 0 spiro atoms. The molecular weight excluding hydrogens is 208 g/mol. The van der Waals surface area contributed by atoms with Gasteiger partial charge in [0.15, 0.2) is 0 Å². The summed E-state index contributed by atoms with van der Waals surface area (Å²) >= 11 is 2.04. The fraction of sp³-hybridized carbons (Fsp3) is 0.909. The highest BCUT2D eigenvalue weighted by Gasteiger charge is 2.34. The lowest BCUT2D eigenvalue weighted by Crippen LogP contribution is -2.39. The van der Waals surface area contributed by atoms with Crippen molar-refractivity contribution in [3.8, 4) is 0 Å². The minimum atomic E-state index is 0.0120. The number of amides is 1. The minimum absolute atomic E-state index is 0.0120. The molecule has 4 heteroatoms. The van der Waals surface area contributed by atoms with Gasteiger partial charge >= 0.3 is 0 Å². The van der Waals surface area contributed by atoms with Gasteiger partial charge in [0.05, 0.1) is 12.2 Å². The molecule has 2 aliphatic rings. The van der Waals surface area contributed by atoms with Crippen LogP contribution in [0.4, 0.5) is 0 Å². The van der Waals surface area contributed by atoms with Crippen molar-refractivity contribution in [3.63, 3.8) is 0 Å². The van der Waals surface area contributed by atoms with Crippen LogP contribution in [0.25, 0.3) is 0 Å². The first-order valence-corrected chi connectivity index (χ1v) is 6.98. The summed E-state index contributed by atoms with van der Waals surface area (Å²) in [5, 5.41) is 3.28. The maximum Gasteiger partial charge on any atom is 0.240 e. The zero-order valence-corrected chi connectivity index (χ0v) is 10.3. The highest BCUT2D eigenvalue weighted by atomic mass is 32.2. The van der Waals surface area contributed by atoms with Crippen molar-refractivity contribution in [1.29, 1.82) is 0 Å². The predicted molar refractivity (Wildman–Crippen MR) is 63.8 cm³/mol. The van der Waals surface area contributed by atoms with Gasteiger partial charge in [-0.3, -0.25) is 10.1 Å². The number of hydrogen-bond acceptors (Lipinski definition) is 3. The Kier molecular flexibility index (Phi) is 3.57. The van der Waals surface area contributed by atoms with Crippen molar-refractivity contribution >= 4 is 17.7 Å². The number of nitrogens with one attached hydrogen (secondary N) is 1. The molecule has 0 radical (unpaired) electrons. The van der Waals surface area contributed by atoms with Crippen molar-refractivity contribution in [3.05, 3.63) is 0 Å². The van der Waals surface area contributed by atoms with E-state index in [0.717, 1.165) is 12.5 Å². The van der Waals surface area contributed by atoms with E-state index in [9.17, 15) is 4.79 Å². The molecule has 1 N–H and O–H groups in total. The topological polar surface area (TPSA) is 32.3 Å². The molecule has 3 nitrogen and oxygen atoms in total. The first-order chi connectivity index (χ1) is 7.18. The number of hydrogen-bond donors (Lipinski definition) is 1. The highest BCUT2D eigenvalue weighted by molar-refractivity contribution is 7.99. The Bertz CT molecular complexity index is 241. The number of rotatable bonds is 2. The molecule has 2 fully saturated rings. The molecule has 2 heterocycles. The third-order valence-electron chi connectivity index (χ3n) is 3.41. The van der Waals surface area contributed by atoms with Gasteiger partial charge in [0.2, 0.25) is 5.91 Å². The normalized spacial score (nSPS) is 33.7. The van der Waals surface area contributed by atoms with E-state index >= 15 is 0 Å². The molecule has 15 heavy (non-hydrogen) atoms. The van der Waals surface area contributed by atoms with Crippen LogP contribution in [-0.2, 0) is 4.79 Å². The molecular formula is C11H20N2OS. The average molecular weight is 228 g/mol. The third-order valence-corrected chi connectivity index (χ3v) is 4.46. The first kappa shape index (κ1) is 11.3. The van der Waals surface area contributed by atoms with Gasteiger partial charge in [-0.25, -0.2) is 0 Å². The van der Waals surface area contributed by atoms with Gasteiger partial charge in [-0.05, 0) is 44.1 Å². The smallest absolute Gasteiger partial charge is 0.240 e. The second kappa shape index (κ2) is 4.74. The second-order valence-electron chi connectivity index (χ2n) is 4.61. The van der Waals surface area contributed by atoms with Crippen molar-refractivity contribution in [2.45, 2.75) is 38.9 Å². The van der Waals surface area contributed by atoms with E-state index in [2.05, 4.69) is 12.2 Å². The zero-order valence-electron chi connectivity index (χ0n) is 9.53. The van der Waals surface area contributed by atoms with E-state index in [1.165, 1.54) is 24.3 Å². The Hall–Kier alpha value is -0.220. The summed E-state index contributed by atoms with van der Waals surface area (Å²) in [7, 11) is 0. The van der Waals surface area contributed by atoms with E-state index < -0.39 is 0 Å². The molecule has 1 amide bonds. The quantitative estimate of drug-likeness (QED) is 0.773. The zero-order chi connectivity index (χ0) is 10.8. The monoisotopic (exact) mass is 228 g/mol. The van der Waals surface area contributed by atoms with E-state index in [4.69, 9.17) is 0 Å². The van der Waals surface area contributed by atoms with Crippen LogP contribution in [0.5, 0.6) is 0 Å². The number of carbonyl (C=O) groups excluding carboxylic acids is 1. The summed E-state index contributed by atoms with van der Waals surface area (Å²) in [6.45, 7) is 4.99. The maximum atomic E-state index is 11.8. The van der Waals surface area contributed by atoms with Crippen molar-refractivity contribution in [2.75, 3.05) is 18.1 Å². The number of thioether (sulfide) groups is 1. The fourth-order valence-corrected chi connectivity index (χ4v) is 3.62. The van der Waals surface area contributed by atoms with E-state index in [1.807, 2.05) is 23.6 Å². The molecule has 2 atom stereocenters. The molecule has 86 valence electrons. The Morgan fingerprint density at radius 3 is 2.60 bits per heavy atom. The molecule has 2 unspecified atom stereocenters. The summed E-state index contributed by atoms with van der Waals surface area (Å²) in [5.41, 5.74) is 0. The molecule has 2 saturated heterocycles. The molecule has 2 aliphatic heterocycles. The van der Waals surface area contributed by atoms with Crippen LogP contribution in [0.3, 0.4) is 0 Å². The van der Waals surface area contributed by atoms with Crippen LogP contribution in [0.1, 0.15) is 26.7 Å². The standard InChI is InChI=1S/C11H20N2OS/c1-8-11(14)13(9(2)12-8)7-10-3-5-15-6-4-10/h8-10,12H,3-7H2,1-2H3. The summed E-state index contributed by atoms with van der Waals surface area (Å²) < 4.78 is 0. The Morgan fingerprint density at radius 2 is 2.07 bits per heavy atom. The molecule has 0 aromatic rings. The Balaban J connectivity index is 1.90. The Morgan fingerprint density at radius 1 is 1.40 bits per heavy atom. The maximum absolute atomic E-state index is 11.8. The van der Waals surface area contributed by atoms with Crippen LogP contribution in [-0.4, -0.2) is 41.1 Å². The molecule has 0 saturated carbocycles. The van der Waals surface area contributed by atoms with Crippen molar-refractivity contribution in [2.24, 2.45) is 5.92 Å². The average Bonchev–Trinajstić information content (AvgIpc) is 2.47. The summed E-state index contributed by atoms with van der Waals surface area (Å²) in [4.78, 5) is 13.9. The van der Waals surface area contributed by atoms with Gasteiger partial charge in [-0.2, -0.15) is 11.8 Å². The van der Waals surface area contributed by atoms with Crippen LogP contribution >= 0.6 is 11.8 Å². The van der Waals surface area contributed by atoms with Gasteiger partial charge in [-0.1, -0.05) is 0 Å². The van der Waals surface area contributed by atoms with Gasteiger partial charge in [0.1, 0.15) is 0 Å². The Labute approximate surface area is 96.0 Å².